The Bertz CT molecular complexity index is 657. The molecule has 2 N–H and O–H groups in total. The molecule has 0 spiro atoms. The summed E-state index contributed by atoms with van der Waals surface area (Å²) in [7, 11) is 1.55. The van der Waals surface area contributed by atoms with Crippen molar-refractivity contribution in [3.8, 4) is 0 Å². The zero-order chi connectivity index (χ0) is 18.4. The highest BCUT2D eigenvalue weighted by Crippen LogP contribution is 2.55. The van der Waals surface area contributed by atoms with Gasteiger partial charge in [-0.25, -0.2) is 9.18 Å². The third-order valence-corrected chi connectivity index (χ3v) is 6.90. The molecular formula is C21H29FN2O2. The number of ether oxygens (including phenoxy) is 1. The molecule has 5 rings (SSSR count). The van der Waals surface area contributed by atoms with Crippen LogP contribution in [0.25, 0.3) is 0 Å². The Balaban J connectivity index is 1.40. The van der Waals surface area contributed by atoms with Gasteiger partial charge in [-0.2, -0.15) is 0 Å². The number of hydrogen-bond acceptors (Lipinski definition) is 2. The van der Waals surface area contributed by atoms with Crippen LogP contribution < -0.4 is 10.6 Å². The van der Waals surface area contributed by atoms with E-state index >= 15 is 0 Å². The summed E-state index contributed by atoms with van der Waals surface area (Å²) in [6.07, 6.45) is 7.37. The number of halogens is 1. The van der Waals surface area contributed by atoms with Crippen LogP contribution >= 0.6 is 0 Å². The van der Waals surface area contributed by atoms with Crippen LogP contribution in [0, 0.1) is 23.6 Å². The van der Waals surface area contributed by atoms with Crippen LogP contribution in [0.1, 0.15) is 51.0 Å². The summed E-state index contributed by atoms with van der Waals surface area (Å²) < 4.78 is 19.7. The van der Waals surface area contributed by atoms with E-state index in [9.17, 15) is 9.18 Å². The van der Waals surface area contributed by atoms with Crippen molar-refractivity contribution in [2.45, 2.75) is 56.6 Å². The van der Waals surface area contributed by atoms with Crippen LogP contribution in [-0.2, 0) is 10.3 Å². The van der Waals surface area contributed by atoms with Crippen molar-refractivity contribution in [2.75, 3.05) is 13.7 Å². The first kappa shape index (κ1) is 17.8. The van der Waals surface area contributed by atoms with Gasteiger partial charge < -0.3 is 15.4 Å². The molecule has 4 bridgehead atoms. The Hall–Kier alpha value is -1.62. The molecule has 4 aliphatic carbocycles. The van der Waals surface area contributed by atoms with Crippen molar-refractivity contribution in [2.24, 2.45) is 17.8 Å². The number of amides is 2. The average molecular weight is 360 g/mol. The van der Waals surface area contributed by atoms with Crippen LogP contribution in [0.4, 0.5) is 9.18 Å². The molecule has 4 fully saturated rings. The summed E-state index contributed by atoms with van der Waals surface area (Å²) in [5.41, 5.74) is -0.470. The summed E-state index contributed by atoms with van der Waals surface area (Å²) in [6.45, 7) is 2.03. The fourth-order valence-corrected chi connectivity index (χ4v) is 5.97. The van der Waals surface area contributed by atoms with Gasteiger partial charge in [-0.05, 0) is 69.3 Å². The van der Waals surface area contributed by atoms with E-state index in [0.717, 1.165) is 37.0 Å². The monoisotopic (exact) mass is 360 g/mol. The minimum Gasteiger partial charge on any atom is -0.372 e. The third kappa shape index (κ3) is 3.22. The van der Waals surface area contributed by atoms with Gasteiger partial charge in [-0.3, -0.25) is 0 Å². The maximum atomic E-state index is 14.2. The second-order valence-corrected chi connectivity index (χ2v) is 8.92. The molecule has 1 aromatic rings. The lowest BCUT2D eigenvalue weighted by atomic mass is 9.53. The van der Waals surface area contributed by atoms with E-state index in [4.69, 9.17) is 4.74 Å². The highest BCUT2D eigenvalue weighted by atomic mass is 19.1. The first-order chi connectivity index (χ1) is 12.4. The number of methoxy groups -OCH3 is 1. The zero-order valence-corrected chi connectivity index (χ0v) is 15.7. The fourth-order valence-electron chi connectivity index (χ4n) is 5.97. The number of hydrogen-bond donors (Lipinski definition) is 2. The lowest BCUT2D eigenvalue weighted by Gasteiger charge is -2.56. The minimum atomic E-state index is -0.899. The number of rotatable bonds is 5. The van der Waals surface area contributed by atoms with Crippen molar-refractivity contribution in [1.82, 2.24) is 10.6 Å². The quantitative estimate of drug-likeness (QED) is 0.835. The van der Waals surface area contributed by atoms with E-state index in [1.54, 1.807) is 32.2 Å². The predicted molar refractivity (Wildman–Crippen MR) is 98.2 cm³/mol. The van der Waals surface area contributed by atoms with Gasteiger partial charge in [0.15, 0.2) is 0 Å². The molecule has 4 nitrogen and oxygen atoms in total. The summed E-state index contributed by atoms with van der Waals surface area (Å²) >= 11 is 0. The molecule has 0 aliphatic heterocycles. The average Bonchev–Trinajstić information content (AvgIpc) is 2.58. The number of carbonyl (C=O) groups excluding carboxylic acids is 1. The molecular weight excluding hydrogens is 331 g/mol. The fraction of sp³-hybridized carbons (Fsp3) is 0.667. The third-order valence-electron chi connectivity index (χ3n) is 6.90. The molecule has 26 heavy (non-hydrogen) atoms. The summed E-state index contributed by atoms with van der Waals surface area (Å²) in [6, 6.07) is 6.40. The van der Waals surface area contributed by atoms with Crippen molar-refractivity contribution in [1.29, 1.82) is 0 Å². The van der Waals surface area contributed by atoms with E-state index < -0.39 is 5.60 Å². The Morgan fingerprint density at radius 3 is 2.31 bits per heavy atom. The Morgan fingerprint density at radius 1 is 1.19 bits per heavy atom. The van der Waals surface area contributed by atoms with Crippen molar-refractivity contribution < 1.29 is 13.9 Å². The van der Waals surface area contributed by atoms with Gasteiger partial charge in [0.2, 0.25) is 0 Å². The van der Waals surface area contributed by atoms with Crippen molar-refractivity contribution in [3.63, 3.8) is 0 Å². The Morgan fingerprint density at radius 2 is 1.77 bits per heavy atom. The van der Waals surface area contributed by atoms with Gasteiger partial charge in [0.1, 0.15) is 11.4 Å². The Kier molecular flexibility index (Phi) is 4.46. The normalized spacial score (nSPS) is 34.3. The lowest BCUT2D eigenvalue weighted by molar-refractivity contribution is -0.0159. The number of urea groups is 1. The standard InChI is InChI=1S/C21H29FN2O2/c1-20(26-2,17-5-3-4-6-18(17)22)13-23-19(25)24-21-10-14-7-15(11-21)9-16(8-14)12-21/h3-6,14-16H,7-13H2,1-2H3,(H2,23,24,25). The van der Waals surface area contributed by atoms with E-state index in [-0.39, 0.29) is 23.9 Å². The van der Waals surface area contributed by atoms with Crippen molar-refractivity contribution in [3.05, 3.63) is 35.6 Å². The molecule has 4 saturated carbocycles. The molecule has 1 atom stereocenters. The topological polar surface area (TPSA) is 50.4 Å². The molecule has 0 radical (unpaired) electrons. The van der Waals surface area contributed by atoms with E-state index in [1.807, 2.05) is 0 Å². The van der Waals surface area contributed by atoms with E-state index in [2.05, 4.69) is 10.6 Å². The maximum absolute atomic E-state index is 14.2. The second kappa shape index (κ2) is 6.52. The Labute approximate surface area is 154 Å². The summed E-state index contributed by atoms with van der Waals surface area (Å²) in [4.78, 5) is 12.6. The summed E-state index contributed by atoms with van der Waals surface area (Å²) in [5, 5.41) is 6.22. The van der Waals surface area contributed by atoms with Gasteiger partial charge >= 0.3 is 6.03 Å². The minimum absolute atomic E-state index is 0.0275. The molecule has 5 heteroatoms. The molecule has 142 valence electrons. The lowest BCUT2D eigenvalue weighted by Crippen LogP contribution is -2.62. The number of benzene rings is 1. The van der Waals surface area contributed by atoms with E-state index in [0.29, 0.717) is 5.56 Å². The largest absolute Gasteiger partial charge is 0.372 e. The first-order valence-corrected chi connectivity index (χ1v) is 9.77. The predicted octanol–water partition coefficient (Wildman–Crippen LogP) is 3.96. The van der Waals surface area contributed by atoms with Crippen LogP contribution in [0.3, 0.4) is 0 Å². The zero-order valence-electron chi connectivity index (χ0n) is 15.7. The second-order valence-electron chi connectivity index (χ2n) is 8.92. The molecule has 1 aromatic carbocycles. The molecule has 4 aliphatic rings. The summed E-state index contributed by atoms with van der Waals surface area (Å²) in [5.74, 6) is 2.03. The van der Waals surface area contributed by atoms with Crippen LogP contribution in [-0.4, -0.2) is 25.2 Å². The van der Waals surface area contributed by atoms with Gasteiger partial charge in [-0.1, -0.05) is 18.2 Å². The van der Waals surface area contributed by atoms with Gasteiger partial charge in [0.25, 0.3) is 0 Å². The highest BCUT2D eigenvalue weighted by Gasteiger charge is 2.51. The number of nitrogens with one attached hydrogen (secondary N) is 2. The molecule has 0 aromatic heterocycles. The molecule has 0 heterocycles. The molecule has 1 unspecified atom stereocenters. The first-order valence-electron chi connectivity index (χ1n) is 9.77. The smallest absolute Gasteiger partial charge is 0.315 e. The van der Waals surface area contributed by atoms with Gasteiger partial charge in [-0.15, -0.1) is 0 Å². The van der Waals surface area contributed by atoms with Crippen LogP contribution in [0.2, 0.25) is 0 Å². The van der Waals surface area contributed by atoms with Crippen molar-refractivity contribution >= 4 is 6.03 Å². The SMILES string of the molecule is COC(C)(CNC(=O)NC12CC3CC(CC(C3)C1)C2)c1ccccc1F. The number of carbonyl (C=O) groups is 1. The van der Waals surface area contributed by atoms with Crippen LogP contribution in [0.15, 0.2) is 24.3 Å². The van der Waals surface area contributed by atoms with E-state index in [1.165, 1.54) is 25.3 Å². The molecule has 0 saturated heterocycles. The highest BCUT2D eigenvalue weighted by molar-refractivity contribution is 5.75. The van der Waals surface area contributed by atoms with Crippen LogP contribution in [0.5, 0.6) is 0 Å². The molecule has 2 amide bonds. The maximum Gasteiger partial charge on any atom is 0.315 e. The van der Waals surface area contributed by atoms with Gasteiger partial charge in [0.05, 0.1) is 6.54 Å². The van der Waals surface area contributed by atoms with Gasteiger partial charge in [0, 0.05) is 18.2 Å².